The number of Topliss-reactive ketones (excluding diaryl/α,β-unsaturated/α-hetero) is 1. The molecule has 0 aliphatic carbocycles. The molecule has 1 aliphatic rings. The SMILES string of the molecule is CC(C)=CCc1c(O)ccc2c1OC(c1ccccc1)CC2=O. The Morgan fingerprint density at radius 3 is 2.65 bits per heavy atom. The first-order chi connectivity index (χ1) is 11.1. The number of fused-ring (bicyclic) bond motifs is 1. The number of ether oxygens (including phenoxy) is 1. The minimum Gasteiger partial charge on any atom is -0.508 e. The van der Waals surface area contributed by atoms with Gasteiger partial charge in [-0.25, -0.2) is 0 Å². The number of phenols is 1. The molecule has 0 radical (unpaired) electrons. The van der Waals surface area contributed by atoms with Crippen molar-refractivity contribution in [1.82, 2.24) is 0 Å². The molecule has 3 rings (SSSR count). The zero-order chi connectivity index (χ0) is 16.4. The average molecular weight is 308 g/mol. The fourth-order valence-corrected chi connectivity index (χ4v) is 2.79. The maximum atomic E-state index is 12.5. The van der Waals surface area contributed by atoms with E-state index < -0.39 is 0 Å². The minimum absolute atomic E-state index is 0.0542. The Hall–Kier alpha value is -2.55. The van der Waals surface area contributed by atoms with Crippen LogP contribution in [-0.2, 0) is 6.42 Å². The van der Waals surface area contributed by atoms with Crippen LogP contribution in [-0.4, -0.2) is 10.9 Å². The number of benzene rings is 2. The quantitative estimate of drug-likeness (QED) is 0.842. The van der Waals surface area contributed by atoms with Crippen LogP contribution in [0, 0.1) is 0 Å². The van der Waals surface area contributed by atoms with Crippen molar-refractivity contribution >= 4 is 5.78 Å². The summed E-state index contributed by atoms with van der Waals surface area (Å²) in [7, 11) is 0. The summed E-state index contributed by atoms with van der Waals surface area (Å²) in [6.07, 6.45) is 2.59. The zero-order valence-corrected chi connectivity index (χ0v) is 13.4. The van der Waals surface area contributed by atoms with Gasteiger partial charge in [-0.05, 0) is 38.0 Å². The molecule has 1 heterocycles. The Bertz CT molecular complexity index is 756. The third kappa shape index (κ3) is 3.14. The number of allylic oxidation sites excluding steroid dienone is 2. The summed E-state index contributed by atoms with van der Waals surface area (Å²) in [6.45, 7) is 4.01. The monoisotopic (exact) mass is 308 g/mol. The number of carbonyl (C=O) groups is 1. The lowest BCUT2D eigenvalue weighted by atomic mass is 9.93. The van der Waals surface area contributed by atoms with Crippen LogP contribution < -0.4 is 4.74 Å². The van der Waals surface area contributed by atoms with Crippen LogP contribution >= 0.6 is 0 Å². The van der Waals surface area contributed by atoms with Gasteiger partial charge in [-0.3, -0.25) is 4.79 Å². The summed E-state index contributed by atoms with van der Waals surface area (Å²) in [5.41, 5.74) is 3.37. The van der Waals surface area contributed by atoms with Crippen LogP contribution in [0.5, 0.6) is 11.5 Å². The van der Waals surface area contributed by atoms with Crippen LogP contribution in [0.1, 0.15) is 47.9 Å². The third-order valence-corrected chi connectivity index (χ3v) is 4.05. The molecule has 3 nitrogen and oxygen atoms in total. The summed E-state index contributed by atoms with van der Waals surface area (Å²) in [5.74, 6) is 0.744. The molecule has 2 aromatic carbocycles. The highest BCUT2D eigenvalue weighted by Gasteiger charge is 2.30. The van der Waals surface area contributed by atoms with E-state index in [0.717, 1.165) is 11.1 Å². The zero-order valence-electron chi connectivity index (χ0n) is 13.4. The van der Waals surface area contributed by atoms with Gasteiger partial charge in [0.2, 0.25) is 0 Å². The Balaban J connectivity index is 2.02. The first-order valence-corrected chi connectivity index (χ1v) is 7.79. The van der Waals surface area contributed by atoms with Crippen molar-refractivity contribution in [3.8, 4) is 11.5 Å². The van der Waals surface area contributed by atoms with Crippen molar-refractivity contribution in [2.24, 2.45) is 0 Å². The first kappa shape index (κ1) is 15.3. The number of phenolic OH excluding ortho intramolecular Hbond substituents is 1. The summed E-state index contributed by atoms with van der Waals surface area (Å²) in [4.78, 5) is 12.5. The van der Waals surface area contributed by atoms with E-state index in [-0.39, 0.29) is 17.6 Å². The number of aromatic hydroxyl groups is 1. The maximum absolute atomic E-state index is 12.5. The number of ketones is 1. The standard InChI is InChI=1S/C20H20O3/c1-13(2)8-9-15-17(21)11-10-16-18(22)12-19(23-20(15)16)14-6-4-3-5-7-14/h3-8,10-11,19,21H,9,12H2,1-2H3. The Kier molecular flexibility index (Phi) is 4.20. The van der Waals surface area contributed by atoms with E-state index in [1.807, 2.05) is 50.3 Å². The highest BCUT2D eigenvalue weighted by molar-refractivity contribution is 6.00. The fraction of sp³-hybridized carbons (Fsp3) is 0.250. The molecule has 1 unspecified atom stereocenters. The van der Waals surface area contributed by atoms with Crippen LogP contribution in [0.4, 0.5) is 0 Å². The van der Waals surface area contributed by atoms with E-state index in [9.17, 15) is 9.90 Å². The molecule has 0 amide bonds. The number of rotatable bonds is 3. The lowest BCUT2D eigenvalue weighted by Gasteiger charge is -2.27. The Morgan fingerprint density at radius 2 is 1.96 bits per heavy atom. The molecule has 3 heteroatoms. The molecule has 0 saturated heterocycles. The molecule has 118 valence electrons. The predicted octanol–water partition coefficient (Wildman–Crippen LogP) is 4.61. The number of hydrogen-bond donors (Lipinski definition) is 1. The first-order valence-electron chi connectivity index (χ1n) is 7.79. The summed E-state index contributed by atoms with van der Waals surface area (Å²) >= 11 is 0. The van der Waals surface area contributed by atoms with Crippen molar-refractivity contribution in [3.05, 3.63) is 70.8 Å². The van der Waals surface area contributed by atoms with Gasteiger partial charge in [0.25, 0.3) is 0 Å². The fourth-order valence-electron chi connectivity index (χ4n) is 2.79. The largest absolute Gasteiger partial charge is 0.508 e. The summed E-state index contributed by atoms with van der Waals surface area (Å²) in [6, 6.07) is 13.0. The molecule has 1 atom stereocenters. The molecular weight excluding hydrogens is 288 g/mol. The number of carbonyl (C=O) groups excluding carboxylic acids is 1. The van der Waals surface area contributed by atoms with E-state index in [4.69, 9.17) is 4.74 Å². The molecule has 1 aliphatic heterocycles. The van der Waals surface area contributed by atoms with Crippen molar-refractivity contribution in [3.63, 3.8) is 0 Å². The van der Waals surface area contributed by atoms with Gasteiger partial charge in [0, 0.05) is 5.56 Å². The van der Waals surface area contributed by atoms with Crippen LogP contribution in [0.25, 0.3) is 0 Å². The van der Waals surface area contributed by atoms with Gasteiger partial charge in [0.1, 0.15) is 17.6 Å². The van der Waals surface area contributed by atoms with Crippen molar-refractivity contribution in [1.29, 1.82) is 0 Å². The Morgan fingerprint density at radius 1 is 1.22 bits per heavy atom. The van der Waals surface area contributed by atoms with Gasteiger partial charge in [0.15, 0.2) is 5.78 Å². The molecule has 0 fully saturated rings. The second kappa shape index (κ2) is 6.29. The second-order valence-corrected chi connectivity index (χ2v) is 6.07. The van der Waals surface area contributed by atoms with E-state index >= 15 is 0 Å². The van der Waals surface area contributed by atoms with Crippen molar-refractivity contribution < 1.29 is 14.6 Å². The van der Waals surface area contributed by atoms with Crippen LogP contribution in [0.2, 0.25) is 0 Å². The van der Waals surface area contributed by atoms with Gasteiger partial charge in [0.05, 0.1) is 12.0 Å². The average Bonchev–Trinajstić information content (AvgIpc) is 2.54. The van der Waals surface area contributed by atoms with Gasteiger partial charge in [-0.15, -0.1) is 0 Å². The highest BCUT2D eigenvalue weighted by Crippen LogP contribution is 2.41. The van der Waals surface area contributed by atoms with Crippen LogP contribution in [0.15, 0.2) is 54.1 Å². The lowest BCUT2D eigenvalue weighted by Crippen LogP contribution is -2.21. The molecular formula is C20H20O3. The van der Waals surface area contributed by atoms with E-state index in [2.05, 4.69) is 0 Å². The van der Waals surface area contributed by atoms with E-state index in [0.29, 0.717) is 29.7 Å². The van der Waals surface area contributed by atoms with Crippen molar-refractivity contribution in [2.45, 2.75) is 32.8 Å². The highest BCUT2D eigenvalue weighted by atomic mass is 16.5. The molecule has 23 heavy (non-hydrogen) atoms. The second-order valence-electron chi connectivity index (χ2n) is 6.07. The molecule has 0 saturated carbocycles. The molecule has 0 aromatic heterocycles. The minimum atomic E-state index is -0.302. The van der Waals surface area contributed by atoms with Gasteiger partial charge < -0.3 is 9.84 Å². The maximum Gasteiger partial charge on any atom is 0.170 e. The summed E-state index contributed by atoms with van der Waals surface area (Å²) in [5, 5.41) is 10.2. The predicted molar refractivity (Wildman–Crippen MR) is 90.0 cm³/mol. The summed E-state index contributed by atoms with van der Waals surface area (Å²) < 4.78 is 6.12. The lowest BCUT2D eigenvalue weighted by molar-refractivity contribution is 0.0847. The molecule has 0 spiro atoms. The molecule has 1 N–H and O–H groups in total. The normalized spacial score (nSPS) is 16.4. The molecule has 2 aromatic rings. The molecule has 0 bridgehead atoms. The van der Waals surface area contributed by atoms with E-state index in [1.54, 1.807) is 12.1 Å². The third-order valence-electron chi connectivity index (χ3n) is 4.05. The smallest absolute Gasteiger partial charge is 0.170 e. The van der Waals surface area contributed by atoms with Crippen LogP contribution in [0.3, 0.4) is 0 Å². The van der Waals surface area contributed by atoms with Gasteiger partial charge in [-0.2, -0.15) is 0 Å². The van der Waals surface area contributed by atoms with E-state index in [1.165, 1.54) is 0 Å². The van der Waals surface area contributed by atoms with Gasteiger partial charge in [-0.1, -0.05) is 42.0 Å². The number of hydrogen-bond acceptors (Lipinski definition) is 3. The van der Waals surface area contributed by atoms with Crippen molar-refractivity contribution in [2.75, 3.05) is 0 Å². The van der Waals surface area contributed by atoms with Gasteiger partial charge >= 0.3 is 0 Å². The Labute approximate surface area is 136 Å². The topological polar surface area (TPSA) is 46.5 Å².